The lowest BCUT2D eigenvalue weighted by molar-refractivity contribution is -0.142. The molecule has 1 atom stereocenters. The van der Waals surface area contributed by atoms with Gasteiger partial charge in [0.25, 0.3) is 0 Å². The number of nitrogens with one attached hydrogen (secondary N) is 1. The van der Waals surface area contributed by atoms with Crippen LogP contribution in [0.1, 0.15) is 12.8 Å². The molecule has 1 unspecified atom stereocenters. The van der Waals surface area contributed by atoms with Gasteiger partial charge in [-0.2, -0.15) is 0 Å². The van der Waals surface area contributed by atoms with E-state index in [0.717, 1.165) is 6.42 Å². The summed E-state index contributed by atoms with van der Waals surface area (Å²) in [6.45, 7) is 1.28. The van der Waals surface area contributed by atoms with Crippen molar-refractivity contribution in [2.75, 3.05) is 13.1 Å². The van der Waals surface area contributed by atoms with Gasteiger partial charge >= 0.3 is 5.97 Å². The van der Waals surface area contributed by atoms with Gasteiger partial charge in [-0.15, -0.1) is 0 Å². The van der Waals surface area contributed by atoms with Gasteiger partial charge in [0.2, 0.25) is 0 Å². The molecule has 3 N–H and O–H groups in total. The van der Waals surface area contributed by atoms with E-state index in [1.807, 2.05) is 0 Å². The third-order valence-electron chi connectivity index (χ3n) is 1.40. The Morgan fingerprint density at radius 1 is 1.80 bits per heavy atom. The molecule has 0 radical (unpaired) electrons. The van der Waals surface area contributed by atoms with E-state index in [-0.39, 0.29) is 12.2 Å². The van der Waals surface area contributed by atoms with Crippen LogP contribution in [0.5, 0.6) is 0 Å². The summed E-state index contributed by atoms with van der Waals surface area (Å²) in [6, 6.07) is 0. The zero-order valence-electron chi connectivity index (χ0n) is 5.80. The Kier molecular flexibility index (Phi) is 2.65. The first-order chi connectivity index (χ1) is 4.83. The van der Waals surface area contributed by atoms with E-state index >= 15 is 0 Å². The number of hydrogen-bond donors (Lipinski definition) is 2. The Balaban J connectivity index is 2.12. The van der Waals surface area contributed by atoms with Crippen molar-refractivity contribution in [3.05, 3.63) is 0 Å². The van der Waals surface area contributed by atoms with Crippen LogP contribution in [0.2, 0.25) is 0 Å². The maximum absolute atomic E-state index is 10.5. The number of carbonyl (C=O) groups is 1. The molecule has 1 fully saturated rings. The molecule has 0 bridgehead atoms. The van der Waals surface area contributed by atoms with Gasteiger partial charge in [0.15, 0.2) is 6.23 Å². The molecule has 10 heavy (non-hydrogen) atoms. The average molecular weight is 144 g/mol. The molecule has 1 saturated heterocycles. The lowest BCUT2D eigenvalue weighted by atomic mass is 10.3. The van der Waals surface area contributed by atoms with E-state index in [4.69, 9.17) is 10.5 Å². The van der Waals surface area contributed by atoms with Crippen LogP contribution in [0, 0.1) is 0 Å². The van der Waals surface area contributed by atoms with Gasteiger partial charge in [0.1, 0.15) is 0 Å². The molecule has 4 heteroatoms. The Morgan fingerprint density at radius 3 is 3.10 bits per heavy atom. The Morgan fingerprint density at radius 2 is 2.60 bits per heavy atom. The Hall–Kier alpha value is -0.610. The molecule has 0 saturated carbocycles. The Labute approximate surface area is 59.7 Å². The van der Waals surface area contributed by atoms with Crippen molar-refractivity contribution < 1.29 is 9.53 Å². The van der Waals surface area contributed by atoms with Crippen LogP contribution < -0.4 is 11.1 Å². The number of esters is 1. The van der Waals surface area contributed by atoms with Crippen LogP contribution in [0.4, 0.5) is 0 Å². The first kappa shape index (κ1) is 7.50. The SMILES string of the molecule is NCCNC1CCC(=O)O1. The Bertz CT molecular complexity index is 127. The van der Waals surface area contributed by atoms with E-state index in [0.29, 0.717) is 19.5 Å². The van der Waals surface area contributed by atoms with Gasteiger partial charge in [-0.3, -0.25) is 10.1 Å². The fraction of sp³-hybridized carbons (Fsp3) is 0.833. The zero-order chi connectivity index (χ0) is 7.40. The maximum Gasteiger partial charge on any atom is 0.307 e. The predicted molar refractivity (Wildman–Crippen MR) is 36.2 cm³/mol. The number of hydrogen-bond acceptors (Lipinski definition) is 4. The number of carbonyl (C=O) groups excluding carboxylic acids is 1. The molecule has 0 aromatic carbocycles. The second-order valence-corrected chi connectivity index (χ2v) is 2.26. The summed E-state index contributed by atoms with van der Waals surface area (Å²) in [5, 5.41) is 2.99. The smallest absolute Gasteiger partial charge is 0.307 e. The molecule has 4 nitrogen and oxygen atoms in total. The lowest BCUT2D eigenvalue weighted by Crippen LogP contribution is -2.32. The van der Waals surface area contributed by atoms with Gasteiger partial charge in [0.05, 0.1) is 6.42 Å². The zero-order valence-corrected chi connectivity index (χ0v) is 5.80. The monoisotopic (exact) mass is 144 g/mol. The summed E-state index contributed by atoms with van der Waals surface area (Å²) in [7, 11) is 0. The number of nitrogens with two attached hydrogens (primary N) is 1. The second kappa shape index (κ2) is 3.53. The molecule has 1 rings (SSSR count). The topological polar surface area (TPSA) is 64.3 Å². The highest BCUT2D eigenvalue weighted by Crippen LogP contribution is 2.09. The van der Waals surface area contributed by atoms with Crippen molar-refractivity contribution in [3.8, 4) is 0 Å². The molecule has 0 aliphatic carbocycles. The standard InChI is InChI=1S/C6H12N2O2/c7-3-4-8-5-1-2-6(9)10-5/h5,8H,1-4,7H2. The summed E-state index contributed by atoms with van der Waals surface area (Å²) in [5.41, 5.74) is 5.24. The van der Waals surface area contributed by atoms with Crippen LogP contribution in [0.25, 0.3) is 0 Å². The van der Waals surface area contributed by atoms with Crippen molar-refractivity contribution in [2.24, 2.45) is 5.73 Å². The van der Waals surface area contributed by atoms with Crippen LogP contribution in [0.15, 0.2) is 0 Å². The molecular formula is C6H12N2O2. The van der Waals surface area contributed by atoms with Crippen LogP contribution in [-0.4, -0.2) is 25.3 Å². The first-order valence-corrected chi connectivity index (χ1v) is 3.46. The minimum atomic E-state index is -0.116. The summed E-state index contributed by atoms with van der Waals surface area (Å²) >= 11 is 0. The molecule has 1 aliphatic rings. The van der Waals surface area contributed by atoms with E-state index in [9.17, 15) is 4.79 Å². The van der Waals surface area contributed by atoms with Crippen molar-refractivity contribution in [1.82, 2.24) is 5.32 Å². The van der Waals surface area contributed by atoms with E-state index < -0.39 is 0 Å². The van der Waals surface area contributed by atoms with Crippen molar-refractivity contribution in [3.63, 3.8) is 0 Å². The van der Waals surface area contributed by atoms with Crippen LogP contribution in [-0.2, 0) is 9.53 Å². The van der Waals surface area contributed by atoms with E-state index in [1.54, 1.807) is 0 Å². The van der Waals surface area contributed by atoms with Crippen LogP contribution in [0.3, 0.4) is 0 Å². The summed E-state index contributed by atoms with van der Waals surface area (Å²) in [6.07, 6.45) is 1.22. The van der Waals surface area contributed by atoms with Gasteiger partial charge < -0.3 is 10.5 Å². The number of cyclic esters (lactones) is 1. The highest BCUT2D eigenvalue weighted by Gasteiger charge is 2.21. The van der Waals surface area contributed by atoms with Crippen molar-refractivity contribution in [2.45, 2.75) is 19.1 Å². The maximum atomic E-state index is 10.5. The first-order valence-electron chi connectivity index (χ1n) is 3.46. The van der Waals surface area contributed by atoms with Crippen molar-refractivity contribution >= 4 is 5.97 Å². The summed E-state index contributed by atoms with van der Waals surface area (Å²) in [5.74, 6) is -0.116. The van der Waals surface area contributed by atoms with E-state index in [1.165, 1.54) is 0 Å². The third-order valence-corrected chi connectivity index (χ3v) is 1.40. The molecule has 0 spiro atoms. The molecule has 0 amide bonds. The second-order valence-electron chi connectivity index (χ2n) is 2.26. The minimum absolute atomic E-state index is 0.0870. The third kappa shape index (κ3) is 1.97. The largest absolute Gasteiger partial charge is 0.447 e. The predicted octanol–water partition coefficient (Wildman–Crippen LogP) is -0.802. The molecule has 1 heterocycles. The number of rotatable bonds is 3. The molecule has 58 valence electrons. The molecule has 0 aromatic heterocycles. The van der Waals surface area contributed by atoms with Gasteiger partial charge in [0, 0.05) is 19.5 Å². The molecule has 1 aliphatic heterocycles. The van der Waals surface area contributed by atoms with E-state index in [2.05, 4.69) is 5.32 Å². The highest BCUT2D eigenvalue weighted by atomic mass is 16.6. The van der Waals surface area contributed by atoms with Gasteiger partial charge in [-0.05, 0) is 0 Å². The normalized spacial score (nSPS) is 24.9. The van der Waals surface area contributed by atoms with Crippen LogP contribution >= 0.6 is 0 Å². The number of ether oxygens (including phenoxy) is 1. The van der Waals surface area contributed by atoms with Crippen molar-refractivity contribution in [1.29, 1.82) is 0 Å². The molecular weight excluding hydrogens is 132 g/mol. The average Bonchev–Trinajstić information content (AvgIpc) is 2.31. The van der Waals surface area contributed by atoms with Gasteiger partial charge in [-0.1, -0.05) is 0 Å². The highest BCUT2D eigenvalue weighted by molar-refractivity contribution is 5.71. The quantitative estimate of drug-likeness (QED) is 0.509. The fourth-order valence-corrected chi connectivity index (χ4v) is 0.914. The fourth-order valence-electron chi connectivity index (χ4n) is 0.914. The molecule has 0 aromatic rings. The summed E-state index contributed by atoms with van der Waals surface area (Å²) in [4.78, 5) is 10.5. The minimum Gasteiger partial charge on any atom is -0.447 e. The van der Waals surface area contributed by atoms with Gasteiger partial charge in [-0.25, -0.2) is 0 Å². The lowest BCUT2D eigenvalue weighted by Gasteiger charge is -2.09. The summed E-state index contributed by atoms with van der Waals surface area (Å²) < 4.78 is 4.86.